The zero-order valence-electron chi connectivity index (χ0n) is 16.1. The van der Waals surface area contributed by atoms with Gasteiger partial charge in [-0.1, -0.05) is 17.7 Å². The second-order valence-corrected chi connectivity index (χ2v) is 8.35. The number of halogens is 1. The van der Waals surface area contributed by atoms with Gasteiger partial charge in [-0.25, -0.2) is 4.79 Å². The first-order valence-corrected chi connectivity index (χ1v) is 10.6. The third-order valence-corrected chi connectivity index (χ3v) is 5.84. The molecule has 7 nitrogen and oxygen atoms in total. The van der Waals surface area contributed by atoms with E-state index in [4.69, 9.17) is 11.6 Å². The van der Waals surface area contributed by atoms with Crippen LogP contribution in [0.3, 0.4) is 0 Å². The van der Waals surface area contributed by atoms with Crippen molar-refractivity contribution < 1.29 is 14.4 Å². The maximum atomic E-state index is 12.8. The predicted octanol–water partition coefficient (Wildman–Crippen LogP) is 3.42. The van der Waals surface area contributed by atoms with Crippen molar-refractivity contribution >= 4 is 46.5 Å². The summed E-state index contributed by atoms with van der Waals surface area (Å²) in [5.41, 5.74) is 0.643. The summed E-state index contributed by atoms with van der Waals surface area (Å²) in [6.45, 7) is 3.99. The van der Waals surface area contributed by atoms with Gasteiger partial charge in [0, 0.05) is 48.7 Å². The van der Waals surface area contributed by atoms with Crippen LogP contribution < -0.4 is 10.6 Å². The number of carbonyl (C=O) groups is 3. The normalized spacial score (nSPS) is 14.3. The lowest BCUT2D eigenvalue weighted by Gasteiger charge is -2.22. The van der Waals surface area contributed by atoms with Gasteiger partial charge in [0.05, 0.1) is 11.4 Å². The molecule has 1 aliphatic rings. The molecule has 1 saturated heterocycles. The Morgan fingerprint density at radius 1 is 1.07 bits per heavy atom. The quantitative estimate of drug-likeness (QED) is 0.773. The van der Waals surface area contributed by atoms with Crippen molar-refractivity contribution in [1.82, 2.24) is 15.1 Å². The number of thiophene rings is 1. The number of benzene rings is 1. The monoisotopic (exact) mass is 434 g/mol. The molecular weight excluding hydrogens is 412 g/mol. The van der Waals surface area contributed by atoms with Crippen molar-refractivity contribution in [3.05, 3.63) is 51.2 Å². The Labute approximate surface area is 178 Å². The average Bonchev–Trinajstić information content (AvgIpc) is 3.01. The van der Waals surface area contributed by atoms with Crippen LogP contribution >= 0.6 is 22.9 Å². The van der Waals surface area contributed by atoms with E-state index in [0.29, 0.717) is 54.7 Å². The first kappa shape index (κ1) is 21.1. The van der Waals surface area contributed by atoms with Crippen LogP contribution in [-0.4, -0.2) is 53.8 Å². The average molecular weight is 435 g/mol. The molecule has 0 aliphatic carbocycles. The lowest BCUT2D eigenvalue weighted by atomic mass is 10.3. The number of nitrogens with one attached hydrogen (secondary N) is 2. The predicted molar refractivity (Wildman–Crippen MR) is 114 cm³/mol. The number of urea groups is 1. The lowest BCUT2D eigenvalue weighted by Crippen LogP contribution is -2.39. The summed E-state index contributed by atoms with van der Waals surface area (Å²) in [6.07, 6.45) is 0.707. The van der Waals surface area contributed by atoms with Gasteiger partial charge in [0.1, 0.15) is 0 Å². The molecular formula is C20H23ClN4O3S. The zero-order valence-corrected chi connectivity index (χ0v) is 17.7. The van der Waals surface area contributed by atoms with E-state index in [2.05, 4.69) is 10.6 Å². The highest BCUT2D eigenvalue weighted by atomic mass is 35.5. The van der Waals surface area contributed by atoms with E-state index in [1.54, 1.807) is 40.1 Å². The molecule has 0 unspecified atom stereocenters. The standard InChI is InChI=1S/C20H23ClN4O3S/c1-14(26)22-13-17-6-7-18(29-17)19(27)24-8-3-9-25(11-10-24)20(28)23-16-5-2-4-15(21)12-16/h2,4-7,12H,3,8-11,13H2,1H3,(H,22,26)(H,23,28). The zero-order chi connectivity index (χ0) is 20.8. The van der Waals surface area contributed by atoms with Crippen LogP contribution in [0.15, 0.2) is 36.4 Å². The number of carbonyl (C=O) groups excluding carboxylic acids is 3. The molecule has 9 heteroatoms. The van der Waals surface area contributed by atoms with Crippen LogP contribution in [0, 0.1) is 0 Å². The van der Waals surface area contributed by atoms with E-state index in [9.17, 15) is 14.4 Å². The first-order valence-electron chi connectivity index (χ1n) is 9.36. The Morgan fingerprint density at radius 3 is 2.59 bits per heavy atom. The van der Waals surface area contributed by atoms with E-state index in [1.807, 2.05) is 6.07 Å². The Bertz CT molecular complexity index is 901. The number of nitrogens with zero attached hydrogens (tertiary/aromatic N) is 2. The Hall–Kier alpha value is -2.58. The number of amides is 4. The number of rotatable bonds is 4. The van der Waals surface area contributed by atoms with Crippen LogP contribution in [0.1, 0.15) is 27.9 Å². The Morgan fingerprint density at radius 2 is 1.83 bits per heavy atom. The van der Waals surface area contributed by atoms with Crippen molar-refractivity contribution in [2.75, 3.05) is 31.5 Å². The van der Waals surface area contributed by atoms with Gasteiger partial charge in [-0.15, -0.1) is 11.3 Å². The minimum absolute atomic E-state index is 0.0406. The highest BCUT2D eigenvalue weighted by molar-refractivity contribution is 7.14. The first-order chi connectivity index (χ1) is 13.9. The van der Waals surface area contributed by atoms with Crippen molar-refractivity contribution in [1.29, 1.82) is 0 Å². The van der Waals surface area contributed by atoms with Gasteiger partial charge in [0.25, 0.3) is 5.91 Å². The van der Waals surface area contributed by atoms with Gasteiger partial charge >= 0.3 is 6.03 Å². The number of hydrogen-bond acceptors (Lipinski definition) is 4. The van der Waals surface area contributed by atoms with Gasteiger partial charge in [0.15, 0.2) is 0 Å². The molecule has 1 fully saturated rings. The summed E-state index contributed by atoms with van der Waals surface area (Å²) in [4.78, 5) is 41.5. The number of anilines is 1. The lowest BCUT2D eigenvalue weighted by molar-refractivity contribution is -0.119. The maximum absolute atomic E-state index is 12.8. The van der Waals surface area contributed by atoms with E-state index < -0.39 is 0 Å². The summed E-state index contributed by atoms with van der Waals surface area (Å²) >= 11 is 7.34. The summed E-state index contributed by atoms with van der Waals surface area (Å²) in [6, 6.07) is 10.5. The molecule has 154 valence electrons. The molecule has 2 heterocycles. The molecule has 4 amide bonds. The van der Waals surface area contributed by atoms with Gasteiger partial charge in [-0.3, -0.25) is 9.59 Å². The van der Waals surface area contributed by atoms with Crippen LogP contribution in [0.5, 0.6) is 0 Å². The van der Waals surface area contributed by atoms with Crippen LogP contribution in [0.2, 0.25) is 5.02 Å². The third kappa shape index (κ3) is 5.95. The molecule has 1 aliphatic heterocycles. The summed E-state index contributed by atoms with van der Waals surface area (Å²) in [5.74, 6) is -0.142. The van der Waals surface area contributed by atoms with Crippen molar-refractivity contribution in [2.45, 2.75) is 19.9 Å². The summed E-state index contributed by atoms with van der Waals surface area (Å²) in [7, 11) is 0. The van der Waals surface area contributed by atoms with Crippen LogP contribution in [0.25, 0.3) is 0 Å². The minimum Gasteiger partial charge on any atom is -0.351 e. The molecule has 0 radical (unpaired) electrons. The van der Waals surface area contributed by atoms with E-state index in [-0.39, 0.29) is 17.8 Å². The largest absolute Gasteiger partial charge is 0.351 e. The molecule has 2 N–H and O–H groups in total. The third-order valence-electron chi connectivity index (χ3n) is 4.53. The molecule has 29 heavy (non-hydrogen) atoms. The van der Waals surface area contributed by atoms with Gasteiger partial charge in [-0.2, -0.15) is 0 Å². The van der Waals surface area contributed by atoms with Crippen molar-refractivity contribution in [2.24, 2.45) is 0 Å². The molecule has 0 atom stereocenters. The highest BCUT2D eigenvalue weighted by Gasteiger charge is 2.24. The molecule has 0 bridgehead atoms. The molecule has 0 saturated carbocycles. The molecule has 3 rings (SSSR count). The molecule has 1 aromatic heterocycles. The molecule has 1 aromatic carbocycles. The fourth-order valence-electron chi connectivity index (χ4n) is 3.05. The minimum atomic E-state index is -0.199. The van der Waals surface area contributed by atoms with Crippen LogP contribution in [-0.2, 0) is 11.3 Å². The fourth-order valence-corrected chi connectivity index (χ4v) is 4.15. The second kappa shape index (κ2) is 9.76. The summed E-state index contributed by atoms with van der Waals surface area (Å²) < 4.78 is 0. The summed E-state index contributed by atoms with van der Waals surface area (Å²) in [5, 5.41) is 6.14. The topological polar surface area (TPSA) is 81.8 Å². The van der Waals surface area contributed by atoms with Gasteiger partial charge in [0.2, 0.25) is 5.91 Å². The Balaban J connectivity index is 1.55. The van der Waals surface area contributed by atoms with E-state index >= 15 is 0 Å². The molecule has 2 aromatic rings. The smallest absolute Gasteiger partial charge is 0.321 e. The van der Waals surface area contributed by atoms with Gasteiger partial charge < -0.3 is 20.4 Å². The van der Waals surface area contributed by atoms with Crippen molar-refractivity contribution in [3.8, 4) is 0 Å². The van der Waals surface area contributed by atoms with Crippen molar-refractivity contribution in [3.63, 3.8) is 0 Å². The van der Waals surface area contributed by atoms with Crippen LogP contribution in [0.4, 0.5) is 10.5 Å². The Kier molecular flexibility index (Phi) is 7.11. The van der Waals surface area contributed by atoms with E-state index in [0.717, 1.165) is 4.88 Å². The maximum Gasteiger partial charge on any atom is 0.321 e. The van der Waals surface area contributed by atoms with Gasteiger partial charge in [-0.05, 0) is 36.8 Å². The molecule has 0 spiro atoms. The highest BCUT2D eigenvalue weighted by Crippen LogP contribution is 2.20. The van der Waals surface area contributed by atoms with E-state index in [1.165, 1.54) is 18.3 Å². The second-order valence-electron chi connectivity index (χ2n) is 6.75. The number of hydrogen-bond donors (Lipinski definition) is 2. The SMILES string of the molecule is CC(=O)NCc1ccc(C(=O)N2CCCN(C(=O)Nc3cccc(Cl)c3)CC2)s1. The fraction of sp³-hybridized carbons (Fsp3) is 0.350.